The fourth-order valence-electron chi connectivity index (χ4n) is 2.95. The second kappa shape index (κ2) is 4.70. The first kappa shape index (κ1) is 13.0. The molecule has 1 heterocycles. The molecule has 0 unspecified atom stereocenters. The average Bonchev–Trinajstić information content (AvgIpc) is 2.69. The van der Waals surface area contributed by atoms with Gasteiger partial charge in [-0.3, -0.25) is 0 Å². The number of rotatable bonds is 3. The molecule has 1 aliphatic rings. The third-order valence-corrected chi connectivity index (χ3v) is 4.98. The van der Waals surface area contributed by atoms with Crippen LogP contribution in [-0.2, 0) is 5.41 Å². The Balaban J connectivity index is 2.65. The van der Waals surface area contributed by atoms with E-state index in [1.165, 1.54) is 11.3 Å². The van der Waals surface area contributed by atoms with E-state index in [0.717, 1.165) is 31.0 Å². The highest BCUT2D eigenvalue weighted by Crippen LogP contribution is 2.50. The lowest BCUT2D eigenvalue weighted by Crippen LogP contribution is -2.32. The zero-order valence-electron chi connectivity index (χ0n) is 10.7. The number of halogens is 2. The van der Waals surface area contributed by atoms with Crippen LogP contribution in [0.4, 0.5) is 5.69 Å². The molecule has 0 amide bonds. The summed E-state index contributed by atoms with van der Waals surface area (Å²) in [6.45, 7) is 8.75. The van der Waals surface area contributed by atoms with Gasteiger partial charge in [-0.15, -0.1) is 0 Å². The zero-order valence-corrected chi connectivity index (χ0v) is 12.2. The van der Waals surface area contributed by atoms with Gasteiger partial charge in [-0.25, -0.2) is 0 Å². The largest absolute Gasteiger partial charge is 0.371 e. The van der Waals surface area contributed by atoms with Crippen LogP contribution < -0.4 is 4.90 Å². The molecule has 0 aliphatic carbocycles. The van der Waals surface area contributed by atoms with E-state index in [1.54, 1.807) is 0 Å². The van der Waals surface area contributed by atoms with Gasteiger partial charge in [0.1, 0.15) is 0 Å². The zero-order chi connectivity index (χ0) is 12.6. The van der Waals surface area contributed by atoms with E-state index in [4.69, 9.17) is 23.2 Å². The molecule has 3 heteroatoms. The minimum absolute atomic E-state index is 0.174. The van der Waals surface area contributed by atoms with Crippen LogP contribution in [0.15, 0.2) is 12.1 Å². The Bertz CT molecular complexity index is 424. The predicted molar refractivity (Wildman–Crippen MR) is 76.6 cm³/mol. The quantitative estimate of drug-likeness (QED) is 0.757. The number of hydrogen-bond donors (Lipinski definition) is 0. The fourth-order valence-corrected chi connectivity index (χ4v) is 3.47. The van der Waals surface area contributed by atoms with Crippen molar-refractivity contribution in [2.75, 3.05) is 18.0 Å². The van der Waals surface area contributed by atoms with Crippen molar-refractivity contribution < 1.29 is 0 Å². The minimum atomic E-state index is 0.174. The van der Waals surface area contributed by atoms with Crippen molar-refractivity contribution in [3.05, 3.63) is 27.7 Å². The summed E-state index contributed by atoms with van der Waals surface area (Å²) in [5.74, 6) is 0. The molecule has 17 heavy (non-hydrogen) atoms. The van der Waals surface area contributed by atoms with Gasteiger partial charge in [0.05, 0.1) is 10.0 Å². The number of anilines is 1. The number of nitrogens with zero attached hydrogens (tertiary/aromatic N) is 1. The van der Waals surface area contributed by atoms with Gasteiger partial charge >= 0.3 is 0 Å². The summed E-state index contributed by atoms with van der Waals surface area (Å²) in [7, 11) is 0. The maximum atomic E-state index is 6.44. The molecule has 2 rings (SSSR count). The van der Waals surface area contributed by atoms with Gasteiger partial charge in [0.15, 0.2) is 0 Å². The summed E-state index contributed by atoms with van der Waals surface area (Å²) < 4.78 is 0. The van der Waals surface area contributed by atoms with Crippen LogP contribution in [0, 0.1) is 0 Å². The van der Waals surface area contributed by atoms with Gasteiger partial charge in [0.2, 0.25) is 0 Å². The molecule has 0 saturated carbocycles. The third kappa shape index (κ3) is 1.84. The molecule has 1 aliphatic heterocycles. The smallest absolute Gasteiger partial charge is 0.0651 e. The Morgan fingerprint density at radius 2 is 1.82 bits per heavy atom. The summed E-state index contributed by atoms with van der Waals surface area (Å²) in [4.78, 5) is 2.41. The molecule has 94 valence electrons. The van der Waals surface area contributed by atoms with Crippen LogP contribution >= 0.6 is 23.2 Å². The molecule has 0 spiro atoms. The van der Waals surface area contributed by atoms with Crippen molar-refractivity contribution in [1.82, 2.24) is 0 Å². The first-order chi connectivity index (χ1) is 8.09. The molecule has 1 nitrogen and oxygen atoms in total. The van der Waals surface area contributed by atoms with Crippen molar-refractivity contribution >= 4 is 28.9 Å². The standard InChI is InChI=1S/C14H19Cl2N/c1-4-14(5-2)9-17(6-3)11-8-7-10(15)13(16)12(11)14/h7-8H,4-6,9H2,1-3H3. The van der Waals surface area contributed by atoms with Crippen LogP contribution in [0.5, 0.6) is 0 Å². The lowest BCUT2D eigenvalue weighted by Gasteiger charge is -2.28. The topological polar surface area (TPSA) is 3.24 Å². The van der Waals surface area contributed by atoms with Crippen molar-refractivity contribution in [1.29, 1.82) is 0 Å². The molecular weight excluding hydrogens is 253 g/mol. The van der Waals surface area contributed by atoms with E-state index >= 15 is 0 Å². The van der Waals surface area contributed by atoms with Crippen LogP contribution in [0.3, 0.4) is 0 Å². The van der Waals surface area contributed by atoms with Crippen molar-refractivity contribution in [2.24, 2.45) is 0 Å². The van der Waals surface area contributed by atoms with Crippen LogP contribution in [-0.4, -0.2) is 13.1 Å². The highest BCUT2D eigenvalue weighted by Gasteiger charge is 2.41. The molecular formula is C14H19Cl2N. The first-order valence-electron chi connectivity index (χ1n) is 6.33. The molecule has 0 saturated heterocycles. The summed E-state index contributed by atoms with van der Waals surface area (Å²) in [6, 6.07) is 4.02. The van der Waals surface area contributed by atoms with Crippen LogP contribution in [0.1, 0.15) is 39.2 Å². The summed E-state index contributed by atoms with van der Waals surface area (Å²) in [5.41, 5.74) is 2.71. The second-order valence-corrected chi connectivity index (χ2v) is 5.54. The SMILES string of the molecule is CCN1CC(CC)(CC)c2c1ccc(Cl)c2Cl. The fraction of sp³-hybridized carbons (Fsp3) is 0.571. The summed E-state index contributed by atoms with van der Waals surface area (Å²) in [5, 5.41) is 1.43. The highest BCUT2D eigenvalue weighted by atomic mass is 35.5. The minimum Gasteiger partial charge on any atom is -0.371 e. The number of likely N-dealkylation sites (N-methyl/N-ethyl adjacent to an activating group) is 1. The Labute approximate surface area is 114 Å². The van der Waals surface area contributed by atoms with E-state index in [-0.39, 0.29) is 5.41 Å². The van der Waals surface area contributed by atoms with Gasteiger partial charge in [-0.1, -0.05) is 37.0 Å². The lowest BCUT2D eigenvalue weighted by molar-refractivity contribution is 0.421. The van der Waals surface area contributed by atoms with Crippen LogP contribution in [0.2, 0.25) is 10.0 Å². The Morgan fingerprint density at radius 3 is 2.35 bits per heavy atom. The molecule has 0 N–H and O–H groups in total. The molecule has 0 radical (unpaired) electrons. The van der Waals surface area contributed by atoms with Crippen molar-refractivity contribution in [3.8, 4) is 0 Å². The second-order valence-electron chi connectivity index (χ2n) is 4.76. The molecule has 0 fully saturated rings. The monoisotopic (exact) mass is 271 g/mol. The van der Waals surface area contributed by atoms with E-state index in [9.17, 15) is 0 Å². The molecule has 1 aromatic rings. The lowest BCUT2D eigenvalue weighted by atomic mass is 9.77. The van der Waals surface area contributed by atoms with Gasteiger partial charge in [0.25, 0.3) is 0 Å². The van der Waals surface area contributed by atoms with E-state index in [1.807, 2.05) is 6.07 Å². The Hall–Kier alpha value is -0.400. The molecule has 0 aromatic heterocycles. The van der Waals surface area contributed by atoms with Gasteiger partial charge < -0.3 is 4.90 Å². The van der Waals surface area contributed by atoms with Crippen molar-refractivity contribution in [3.63, 3.8) is 0 Å². The van der Waals surface area contributed by atoms with Crippen LogP contribution in [0.25, 0.3) is 0 Å². The number of fused-ring (bicyclic) bond motifs is 1. The first-order valence-corrected chi connectivity index (χ1v) is 7.08. The van der Waals surface area contributed by atoms with E-state index < -0.39 is 0 Å². The van der Waals surface area contributed by atoms with Gasteiger partial charge in [-0.05, 0) is 31.9 Å². The maximum absolute atomic E-state index is 6.44. The normalized spacial score (nSPS) is 17.4. The van der Waals surface area contributed by atoms with Gasteiger partial charge in [0, 0.05) is 29.8 Å². The van der Waals surface area contributed by atoms with E-state index in [2.05, 4.69) is 31.7 Å². The van der Waals surface area contributed by atoms with E-state index in [0.29, 0.717) is 5.02 Å². The number of benzene rings is 1. The van der Waals surface area contributed by atoms with Gasteiger partial charge in [-0.2, -0.15) is 0 Å². The Kier molecular flexibility index (Phi) is 3.61. The molecule has 0 bridgehead atoms. The third-order valence-electron chi connectivity index (χ3n) is 4.17. The average molecular weight is 272 g/mol. The summed E-state index contributed by atoms with van der Waals surface area (Å²) in [6.07, 6.45) is 2.21. The molecule has 0 atom stereocenters. The predicted octanol–water partition coefficient (Wildman–Crippen LogP) is 4.89. The summed E-state index contributed by atoms with van der Waals surface area (Å²) >= 11 is 12.6. The highest BCUT2D eigenvalue weighted by molar-refractivity contribution is 6.43. The molecule has 1 aromatic carbocycles. The van der Waals surface area contributed by atoms with Crippen molar-refractivity contribution in [2.45, 2.75) is 39.0 Å². The Morgan fingerprint density at radius 1 is 1.18 bits per heavy atom. The maximum Gasteiger partial charge on any atom is 0.0651 e. The number of hydrogen-bond acceptors (Lipinski definition) is 1.